The van der Waals surface area contributed by atoms with E-state index in [0.717, 1.165) is 11.8 Å². The van der Waals surface area contributed by atoms with Crippen LogP contribution in [0.3, 0.4) is 0 Å². The maximum atomic E-state index is 12.7. The van der Waals surface area contributed by atoms with E-state index in [-0.39, 0.29) is 36.2 Å². The van der Waals surface area contributed by atoms with Crippen LogP contribution in [0.5, 0.6) is 11.5 Å². The minimum Gasteiger partial charge on any atom is -0.506 e. The highest BCUT2D eigenvalue weighted by molar-refractivity contribution is 14.1. The molecule has 0 spiro atoms. The molecule has 0 bridgehead atoms. The zero-order chi connectivity index (χ0) is 26.9. The van der Waals surface area contributed by atoms with Crippen molar-refractivity contribution in [2.24, 2.45) is 4.99 Å². The van der Waals surface area contributed by atoms with E-state index in [9.17, 15) is 19.5 Å². The maximum Gasteiger partial charge on any atom is 0.344 e. The molecule has 0 radical (unpaired) electrons. The van der Waals surface area contributed by atoms with Crippen molar-refractivity contribution in [3.8, 4) is 11.5 Å². The van der Waals surface area contributed by atoms with Crippen molar-refractivity contribution in [3.05, 3.63) is 73.4 Å². The number of nitrogens with zero attached hydrogens (tertiary/aromatic N) is 1. The molecule has 1 heterocycles. The number of esters is 2. The van der Waals surface area contributed by atoms with Crippen LogP contribution in [-0.4, -0.2) is 54.9 Å². The lowest BCUT2D eigenvalue weighted by atomic mass is 10.1. The van der Waals surface area contributed by atoms with Crippen molar-refractivity contribution < 1.29 is 38.4 Å². The lowest BCUT2D eigenvalue weighted by Gasteiger charge is -2.13. The number of thioether (sulfide) groups is 1. The molecule has 194 valence electrons. The predicted molar refractivity (Wildman–Crippen MR) is 148 cm³/mol. The van der Waals surface area contributed by atoms with Crippen LogP contribution in [0.25, 0.3) is 6.08 Å². The number of rotatable bonds is 9. The quantitative estimate of drug-likeness (QED) is 0.301. The largest absolute Gasteiger partial charge is 0.506 e. The average Bonchev–Trinajstić information content (AvgIpc) is 3.17. The zero-order valence-corrected chi connectivity index (χ0v) is 23.3. The molecule has 1 N–H and O–H groups in total. The van der Waals surface area contributed by atoms with Gasteiger partial charge in [0.25, 0.3) is 5.91 Å². The van der Waals surface area contributed by atoms with Gasteiger partial charge in [-0.3, -0.25) is 4.79 Å². The highest BCUT2D eigenvalue weighted by Gasteiger charge is 2.34. The number of carbonyl (C=O) groups is 3. The molecule has 0 aliphatic carbocycles. The third-order valence-electron chi connectivity index (χ3n) is 4.78. The predicted octanol–water partition coefficient (Wildman–Crippen LogP) is 4.94. The monoisotopic (exact) mass is 637 g/mol. The number of ether oxygens (including phenoxy) is 4. The summed E-state index contributed by atoms with van der Waals surface area (Å²) in [6, 6.07) is 11.8. The summed E-state index contributed by atoms with van der Waals surface area (Å²) in [5, 5.41) is 10.9. The molecule has 3 rings (SSSR count). The lowest BCUT2D eigenvalue weighted by Crippen LogP contribution is -2.15. The van der Waals surface area contributed by atoms with Gasteiger partial charge in [-0.05, 0) is 72.3 Å². The van der Waals surface area contributed by atoms with Gasteiger partial charge in [0.15, 0.2) is 18.1 Å². The Kier molecular flexibility index (Phi) is 10.1. The van der Waals surface area contributed by atoms with Crippen LogP contribution < -0.4 is 9.47 Å². The van der Waals surface area contributed by atoms with Gasteiger partial charge in [-0.2, -0.15) is 0 Å². The number of aliphatic hydroxyl groups is 1. The fourth-order valence-electron chi connectivity index (χ4n) is 3.18. The highest BCUT2D eigenvalue weighted by Crippen LogP contribution is 2.41. The number of halogens is 1. The minimum atomic E-state index is -0.787. The van der Waals surface area contributed by atoms with Crippen molar-refractivity contribution >= 4 is 63.3 Å². The van der Waals surface area contributed by atoms with Crippen LogP contribution in [0.1, 0.15) is 29.8 Å². The Bertz CT molecular complexity index is 1290. The van der Waals surface area contributed by atoms with E-state index >= 15 is 0 Å². The summed E-state index contributed by atoms with van der Waals surface area (Å²) in [6.45, 7) is 3.39. The Morgan fingerprint density at radius 1 is 1.08 bits per heavy atom. The second kappa shape index (κ2) is 13.3. The summed E-state index contributed by atoms with van der Waals surface area (Å²) < 4.78 is 21.6. The van der Waals surface area contributed by atoms with E-state index in [4.69, 9.17) is 18.9 Å². The van der Waals surface area contributed by atoms with Crippen LogP contribution in [0, 0.1) is 3.57 Å². The summed E-state index contributed by atoms with van der Waals surface area (Å²) in [7, 11) is 1.46. The summed E-state index contributed by atoms with van der Waals surface area (Å²) in [5.41, 5.74) is 0.768. The van der Waals surface area contributed by atoms with E-state index in [1.807, 2.05) is 22.6 Å². The number of carbonyl (C=O) groups excluding carboxylic acids is 3. The third kappa shape index (κ3) is 7.13. The normalized spacial score (nSPS) is 15.1. The smallest absolute Gasteiger partial charge is 0.344 e. The average molecular weight is 637 g/mol. The van der Waals surface area contributed by atoms with E-state index in [2.05, 4.69) is 4.99 Å². The number of hydrogen-bond acceptors (Lipinski definition) is 9. The molecule has 2 aromatic carbocycles. The SMILES string of the molecule is CCOC(=O)COc1c(I)cc(/C=C2\SC(=NC(=O)c3ccccc3)C(C(=O)OCC)=C2O)cc1OC. The summed E-state index contributed by atoms with van der Waals surface area (Å²) >= 11 is 3.01. The Morgan fingerprint density at radius 3 is 2.43 bits per heavy atom. The van der Waals surface area contributed by atoms with Crippen LogP contribution in [0.2, 0.25) is 0 Å². The molecule has 0 fully saturated rings. The molecule has 11 heteroatoms. The van der Waals surface area contributed by atoms with Gasteiger partial charge in [-0.25, -0.2) is 14.6 Å². The first kappa shape index (κ1) is 28.3. The number of methoxy groups -OCH3 is 1. The fourth-order valence-corrected chi connectivity index (χ4v) is 4.97. The van der Waals surface area contributed by atoms with Gasteiger partial charge in [-0.15, -0.1) is 0 Å². The topological polar surface area (TPSA) is 121 Å². The molecule has 9 nitrogen and oxygen atoms in total. The third-order valence-corrected chi connectivity index (χ3v) is 6.60. The molecule has 2 aromatic rings. The summed E-state index contributed by atoms with van der Waals surface area (Å²) in [5.74, 6) is -1.48. The minimum absolute atomic E-state index is 0.0344. The Balaban J connectivity index is 1.97. The van der Waals surface area contributed by atoms with Gasteiger partial charge >= 0.3 is 11.9 Å². The summed E-state index contributed by atoms with van der Waals surface area (Å²) in [6.07, 6.45) is 1.62. The first-order chi connectivity index (χ1) is 17.8. The van der Waals surface area contributed by atoms with Crippen LogP contribution in [0.4, 0.5) is 0 Å². The van der Waals surface area contributed by atoms with Gasteiger partial charge in [0.05, 0.1) is 28.8 Å². The number of benzene rings is 2. The van der Waals surface area contributed by atoms with Crippen molar-refractivity contribution in [2.75, 3.05) is 26.9 Å². The number of hydrogen-bond donors (Lipinski definition) is 1. The van der Waals surface area contributed by atoms with Crippen LogP contribution in [0.15, 0.2) is 63.7 Å². The Labute approximate surface area is 231 Å². The van der Waals surface area contributed by atoms with Crippen molar-refractivity contribution in [1.82, 2.24) is 0 Å². The maximum absolute atomic E-state index is 12.7. The lowest BCUT2D eigenvalue weighted by molar-refractivity contribution is -0.145. The van der Waals surface area contributed by atoms with E-state index in [1.54, 1.807) is 62.4 Å². The molecule has 0 aromatic heterocycles. The molecular formula is C26H24INO8S. The van der Waals surface area contributed by atoms with Gasteiger partial charge < -0.3 is 24.1 Å². The molecule has 0 saturated carbocycles. The first-order valence-electron chi connectivity index (χ1n) is 11.1. The Morgan fingerprint density at radius 2 is 1.78 bits per heavy atom. The standard InChI is InChI=1S/C26H24INO8S/c1-4-34-20(29)14-36-23-17(27)11-15(12-18(23)33-3)13-19-22(30)21(26(32)35-5-2)25(37-19)28-24(31)16-9-7-6-8-10-16/h6-13,30H,4-5,14H2,1-3H3/b19-13-,28-25?. The number of aliphatic hydroxyl groups excluding tert-OH is 1. The first-order valence-corrected chi connectivity index (χ1v) is 13.0. The van der Waals surface area contributed by atoms with Gasteiger partial charge in [-0.1, -0.05) is 30.0 Å². The second-order valence-corrected chi connectivity index (χ2v) is 9.46. The van der Waals surface area contributed by atoms with E-state index in [1.165, 1.54) is 7.11 Å². The van der Waals surface area contributed by atoms with E-state index in [0.29, 0.717) is 31.1 Å². The van der Waals surface area contributed by atoms with Crippen LogP contribution in [-0.2, 0) is 19.1 Å². The van der Waals surface area contributed by atoms with Crippen molar-refractivity contribution in [3.63, 3.8) is 0 Å². The van der Waals surface area contributed by atoms with Crippen molar-refractivity contribution in [2.45, 2.75) is 13.8 Å². The molecule has 1 aliphatic heterocycles. The molecule has 1 amide bonds. The second-order valence-electron chi connectivity index (χ2n) is 7.27. The van der Waals surface area contributed by atoms with Gasteiger partial charge in [0, 0.05) is 5.56 Å². The Hall–Kier alpha value is -3.32. The van der Waals surface area contributed by atoms with E-state index < -0.39 is 17.8 Å². The molecular weight excluding hydrogens is 613 g/mol. The fraction of sp³-hybridized carbons (Fsp3) is 0.231. The molecule has 0 saturated heterocycles. The molecule has 0 atom stereocenters. The summed E-state index contributed by atoms with van der Waals surface area (Å²) in [4.78, 5) is 41.3. The zero-order valence-electron chi connectivity index (χ0n) is 20.3. The molecule has 37 heavy (non-hydrogen) atoms. The van der Waals surface area contributed by atoms with Gasteiger partial charge in [0.2, 0.25) is 0 Å². The van der Waals surface area contributed by atoms with Crippen molar-refractivity contribution in [1.29, 1.82) is 0 Å². The number of amides is 1. The highest BCUT2D eigenvalue weighted by atomic mass is 127. The van der Waals surface area contributed by atoms with Gasteiger partial charge in [0.1, 0.15) is 16.4 Å². The molecule has 0 unspecified atom stereocenters. The number of aliphatic imine (C=N–C) groups is 1. The molecule has 1 aliphatic rings. The van der Waals surface area contributed by atoms with Crippen LogP contribution >= 0.6 is 34.4 Å².